The van der Waals surface area contributed by atoms with Gasteiger partial charge in [0, 0.05) is 47.8 Å². The summed E-state index contributed by atoms with van der Waals surface area (Å²) in [5.41, 5.74) is 5.88. The molecule has 0 saturated heterocycles. The number of hydrogen-bond acceptors (Lipinski definition) is 5. The van der Waals surface area contributed by atoms with Gasteiger partial charge in [0.05, 0.1) is 10.2 Å². The van der Waals surface area contributed by atoms with Crippen LogP contribution in [0, 0.1) is 3.57 Å². The highest BCUT2D eigenvalue weighted by atomic mass is 127. The molecular formula is C30H32INO4. The molecular weight excluding hydrogens is 565 g/mol. The summed E-state index contributed by atoms with van der Waals surface area (Å²) in [4.78, 5) is 29.1. The molecule has 0 saturated carbocycles. The lowest BCUT2D eigenvalue weighted by Gasteiger charge is -2.43. The topological polar surface area (TPSA) is 55.8 Å². The first-order valence-electron chi connectivity index (χ1n) is 13.0. The monoisotopic (exact) mass is 597 g/mol. The Balaban J connectivity index is 1.62. The number of Topliss-reactive ketones (excluding diaryl/α,β-unsaturated/α-hetero) is 2. The summed E-state index contributed by atoms with van der Waals surface area (Å²) in [5.74, 6) is 1.35. The number of halogens is 1. The molecule has 0 bridgehead atoms. The van der Waals surface area contributed by atoms with Crippen molar-refractivity contribution < 1.29 is 19.1 Å². The molecule has 0 aromatic heterocycles. The molecule has 36 heavy (non-hydrogen) atoms. The minimum absolute atomic E-state index is 0.169. The molecule has 0 radical (unpaired) electrons. The first-order valence-corrected chi connectivity index (χ1v) is 14.0. The van der Waals surface area contributed by atoms with E-state index in [1.54, 1.807) is 0 Å². The van der Waals surface area contributed by atoms with Crippen LogP contribution < -0.4 is 9.47 Å². The average Bonchev–Trinajstić information content (AvgIpc) is 2.88. The van der Waals surface area contributed by atoms with Crippen LogP contribution in [0.2, 0.25) is 0 Å². The molecule has 188 valence electrons. The third kappa shape index (κ3) is 4.60. The number of rotatable bonds is 7. The van der Waals surface area contributed by atoms with Gasteiger partial charge in [-0.25, -0.2) is 0 Å². The lowest BCUT2D eigenvalue weighted by molar-refractivity contribution is -0.117. The van der Waals surface area contributed by atoms with E-state index in [1.807, 2.05) is 43.3 Å². The normalized spacial score (nSPS) is 18.4. The van der Waals surface area contributed by atoms with Gasteiger partial charge < -0.3 is 14.4 Å². The minimum atomic E-state index is -0.339. The number of allylic oxidation sites excluding steroid dienone is 4. The van der Waals surface area contributed by atoms with Gasteiger partial charge >= 0.3 is 0 Å². The molecule has 0 amide bonds. The number of nitrogens with zero attached hydrogens (tertiary/aromatic N) is 1. The maximum absolute atomic E-state index is 13.4. The lowest BCUT2D eigenvalue weighted by atomic mass is 9.71. The van der Waals surface area contributed by atoms with Gasteiger partial charge in [0.2, 0.25) is 0 Å². The third-order valence-electron chi connectivity index (χ3n) is 7.29. The van der Waals surface area contributed by atoms with Crippen molar-refractivity contribution in [2.24, 2.45) is 0 Å². The maximum atomic E-state index is 13.4. The molecule has 1 heterocycles. The fourth-order valence-electron chi connectivity index (χ4n) is 5.82. The Morgan fingerprint density at radius 1 is 0.889 bits per heavy atom. The van der Waals surface area contributed by atoms with E-state index in [0.29, 0.717) is 37.6 Å². The van der Waals surface area contributed by atoms with Crippen molar-refractivity contribution in [3.8, 4) is 11.5 Å². The number of ether oxygens (including phenoxy) is 2. The van der Waals surface area contributed by atoms with E-state index in [2.05, 4.69) is 40.5 Å². The molecule has 0 N–H and O–H groups in total. The Bertz CT molecular complexity index is 1200. The maximum Gasteiger partial charge on any atom is 0.174 e. The van der Waals surface area contributed by atoms with Crippen LogP contribution in [0.25, 0.3) is 0 Å². The molecule has 0 fully saturated rings. The first kappa shape index (κ1) is 25.1. The zero-order valence-electron chi connectivity index (χ0n) is 20.9. The van der Waals surface area contributed by atoms with Crippen molar-refractivity contribution in [2.45, 2.75) is 64.9 Å². The molecule has 0 unspecified atom stereocenters. The summed E-state index contributed by atoms with van der Waals surface area (Å²) in [5, 5.41) is 0. The van der Waals surface area contributed by atoms with E-state index in [1.165, 1.54) is 0 Å². The zero-order chi connectivity index (χ0) is 25.2. The number of carbonyl (C=O) groups excluding carboxylic acids is 2. The van der Waals surface area contributed by atoms with Crippen LogP contribution in [-0.4, -0.2) is 29.6 Å². The molecule has 6 heteroatoms. The number of benzene rings is 2. The van der Waals surface area contributed by atoms with Crippen LogP contribution in [0.15, 0.2) is 65.0 Å². The van der Waals surface area contributed by atoms with Crippen molar-refractivity contribution in [3.63, 3.8) is 0 Å². The zero-order valence-corrected chi connectivity index (χ0v) is 23.1. The highest BCUT2D eigenvalue weighted by Gasteiger charge is 2.43. The van der Waals surface area contributed by atoms with Crippen LogP contribution in [0.5, 0.6) is 11.5 Å². The summed E-state index contributed by atoms with van der Waals surface area (Å²) >= 11 is 2.29. The fourth-order valence-corrected chi connectivity index (χ4v) is 6.60. The van der Waals surface area contributed by atoms with Gasteiger partial charge in [-0.15, -0.1) is 0 Å². The van der Waals surface area contributed by atoms with E-state index >= 15 is 0 Å². The summed E-state index contributed by atoms with van der Waals surface area (Å²) in [6.45, 7) is 5.78. The molecule has 1 aliphatic heterocycles. The summed E-state index contributed by atoms with van der Waals surface area (Å²) in [7, 11) is 0. The van der Waals surface area contributed by atoms with E-state index in [9.17, 15) is 9.59 Å². The van der Waals surface area contributed by atoms with Crippen LogP contribution in [0.4, 0.5) is 0 Å². The average molecular weight is 597 g/mol. The molecule has 5 nitrogen and oxygen atoms in total. The number of ketones is 2. The summed E-state index contributed by atoms with van der Waals surface area (Å²) in [6.07, 6.45) is 4.57. The SMILES string of the molecule is CCOc1cc(C2C3=C(CCCC3=O)N(CC)C3=C2C(=O)CCC3)cc(I)c1OCc1ccccc1. The van der Waals surface area contributed by atoms with Gasteiger partial charge in [-0.2, -0.15) is 0 Å². The molecule has 3 aliphatic rings. The van der Waals surface area contributed by atoms with Gasteiger partial charge in [-0.3, -0.25) is 9.59 Å². The summed E-state index contributed by atoms with van der Waals surface area (Å²) < 4.78 is 13.2. The highest BCUT2D eigenvalue weighted by Crippen LogP contribution is 2.50. The van der Waals surface area contributed by atoms with E-state index in [-0.39, 0.29) is 17.5 Å². The Hall–Kier alpha value is -2.61. The largest absolute Gasteiger partial charge is 0.490 e. The Morgan fingerprint density at radius 3 is 2.11 bits per heavy atom. The second kappa shape index (κ2) is 10.8. The quantitative estimate of drug-likeness (QED) is 0.333. The molecule has 0 spiro atoms. The van der Waals surface area contributed by atoms with Crippen LogP contribution in [0.3, 0.4) is 0 Å². The second-order valence-corrected chi connectivity index (χ2v) is 10.7. The number of carbonyl (C=O) groups is 2. The lowest BCUT2D eigenvalue weighted by Crippen LogP contribution is -2.39. The van der Waals surface area contributed by atoms with Crippen molar-refractivity contribution in [2.75, 3.05) is 13.2 Å². The molecule has 0 atom stereocenters. The molecule has 5 rings (SSSR count). The Labute approximate surface area is 226 Å². The van der Waals surface area contributed by atoms with Gasteiger partial charge in [-0.1, -0.05) is 30.3 Å². The Kier molecular flexibility index (Phi) is 7.51. The predicted molar refractivity (Wildman–Crippen MR) is 148 cm³/mol. The van der Waals surface area contributed by atoms with E-state index in [0.717, 1.165) is 69.5 Å². The smallest absolute Gasteiger partial charge is 0.174 e. The van der Waals surface area contributed by atoms with Gasteiger partial charge in [-0.05, 0) is 85.4 Å². The standard InChI is InChI=1S/C30H32INO4/c1-3-32-22-12-8-14-24(33)28(22)27(29-23(32)13-9-15-25(29)34)20-16-21(31)30(26(17-20)35-4-2)36-18-19-10-6-5-7-11-19/h5-7,10-11,16-17,27H,3-4,8-9,12-15,18H2,1-2H3. The highest BCUT2D eigenvalue weighted by molar-refractivity contribution is 14.1. The third-order valence-corrected chi connectivity index (χ3v) is 8.09. The second-order valence-electron chi connectivity index (χ2n) is 9.49. The molecule has 2 aromatic carbocycles. The van der Waals surface area contributed by atoms with Crippen LogP contribution in [0.1, 0.15) is 69.4 Å². The van der Waals surface area contributed by atoms with E-state index in [4.69, 9.17) is 9.47 Å². The fraction of sp³-hybridized carbons (Fsp3) is 0.400. The first-order chi connectivity index (χ1) is 17.5. The van der Waals surface area contributed by atoms with Gasteiger partial charge in [0.15, 0.2) is 23.1 Å². The van der Waals surface area contributed by atoms with Crippen LogP contribution >= 0.6 is 22.6 Å². The van der Waals surface area contributed by atoms with Gasteiger partial charge in [0.1, 0.15) is 6.61 Å². The Morgan fingerprint density at radius 2 is 1.53 bits per heavy atom. The minimum Gasteiger partial charge on any atom is -0.490 e. The van der Waals surface area contributed by atoms with Gasteiger partial charge in [0.25, 0.3) is 0 Å². The predicted octanol–water partition coefficient (Wildman–Crippen LogP) is 6.70. The van der Waals surface area contributed by atoms with Crippen LogP contribution in [-0.2, 0) is 16.2 Å². The van der Waals surface area contributed by atoms with Crippen molar-refractivity contribution >= 4 is 34.2 Å². The molecule has 2 aliphatic carbocycles. The van der Waals surface area contributed by atoms with E-state index < -0.39 is 0 Å². The molecule has 2 aromatic rings. The van der Waals surface area contributed by atoms with Crippen molar-refractivity contribution in [3.05, 3.63) is 79.7 Å². The van der Waals surface area contributed by atoms with Crippen molar-refractivity contribution in [1.29, 1.82) is 0 Å². The summed E-state index contributed by atoms with van der Waals surface area (Å²) in [6, 6.07) is 14.1. The van der Waals surface area contributed by atoms with Crippen molar-refractivity contribution in [1.82, 2.24) is 4.90 Å². The number of hydrogen-bond donors (Lipinski definition) is 0.